The van der Waals surface area contributed by atoms with E-state index in [1.165, 1.54) is 24.3 Å². The molecule has 1 atom stereocenters. The topological polar surface area (TPSA) is 98.5 Å². The minimum Gasteiger partial charge on any atom is -0.413 e. The van der Waals surface area contributed by atoms with Crippen LogP contribution in [0.2, 0.25) is 18.1 Å². The zero-order valence-electron chi connectivity index (χ0n) is 15.0. The molecule has 24 heavy (non-hydrogen) atoms. The van der Waals surface area contributed by atoms with E-state index in [1.807, 2.05) is 6.92 Å². The van der Waals surface area contributed by atoms with Gasteiger partial charge in [0.05, 0.1) is 15.9 Å². The first-order valence-electron chi connectivity index (χ1n) is 7.68. The molecule has 136 valence electrons. The van der Waals surface area contributed by atoms with Crippen molar-refractivity contribution in [2.75, 3.05) is 6.54 Å². The molecule has 0 amide bonds. The predicted octanol–water partition coefficient (Wildman–Crippen LogP) is 3.28. The highest BCUT2D eigenvalue weighted by atomic mass is 32.2. The normalized spacial score (nSPS) is 14.4. The number of nitro benzene ring substituents is 1. The van der Waals surface area contributed by atoms with E-state index < -0.39 is 23.3 Å². The maximum atomic E-state index is 12.3. The summed E-state index contributed by atoms with van der Waals surface area (Å²) >= 11 is 0. The second-order valence-electron chi connectivity index (χ2n) is 7.29. The molecule has 0 unspecified atom stereocenters. The average molecular weight is 375 g/mol. The Morgan fingerprint density at radius 2 is 1.75 bits per heavy atom. The minimum absolute atomic E-state index is 0.00683. The third-order valence-corrected chi connectivity index (χ3v) is 10.3. The molecule has 1 rings (SSSR count). The van der Waals surface area contributed by atoms with Crippen LogP contribution in [0.15, 0.2) is 29.2 Å². The number of rotatable bonds is 7. The number of hydrogen-bond donors (Lipinski definition) is 1. The van der Waals surface area contributed by atoms with Gasteiger partial charge in [-0.1, -0.05) is 20.8 Å². The Morgan fingerprint density at radius 3 is 2.17 bits per heavy atom. The Hall–Kier alpha value is -1.29. The molecule has 0 bridgehead atoms. The maximum absolute atomic E-state index is 12.3. The van der Waals surface area contributed by atoms with Gasteiger partial charge in [-0.05, 0) is 37.2 Å². The number of sulfonamides is 1. The van der Waals surface area contributed by atoms with Crippen LogP contribution < -0.4 is 4.72 Å². The zero-order chi connectivity index (χ0) is 18.8. The Morgan fingerprint density at radius 1 is 1.25 bits per heavy atom. The van der Waals surface area contributed by atoms with Crippen molar-refractivity contribution in [3.8, 4) is 0 Å². The summed E-state index contributed by atoms with van der Waals surface area (Å²) in [6.07, 6.45) is -0.265. The van der Waals surface area contributed by atoms with Crippen LogP contribution in [0.4, 0.5) is 5.69 Å². The van der Waals surface area contributed by atoms with Crippen LogP contribution in [0.3, 0.4) is 0 Å². The van der Waals surface area contributed by atoms with E-state index in [4.69, 9.17) is 4.43 Å². The van der Waals surface area contributed by atoms with Crippen molar-refractivity contribution in [1.29, 1.82) is 0 Å². The molecule has 0 aliphatic carbocycles. The summed E-state index contributed by atoms with van der Waals surface area (Å²) in [5, 5.41) is 10.7. The van der Waals surface area contributed by atoms with Crippen molar-refractivity contribution >= 4 is 24.0 Å². The van der Waals surface area contributed by atoms with Crippen molar-refractivity contribution in [2.24, 2.45) is 0 Å². The van der Waals surface area contributed by atoms with Crippen molar-refractivity contribution in [3.63, 3.8) is 0 Å². The van der Waals surface area contributed by atoms with E-state index in [1.54, 1.807) is 0 Å². The monoisotopic (exact) mass is 374 g/mol. The largest absolute Gasteiger partial charge is 0.413 e. The van der Waals surface area contributed by atoms with Gasteiger partial charge in [0.2, 0.25) is 10.0 Å². The molecule has 0 spiro atoms. The van der Waals surface area contributed by atoms with Gasteiger partial charge in [-0.3, -0.25) is 10.1 Å². The van der Waals surface area contributed by atoms with Crippen molar-refractivity contribution in [3.05, 3.63) is 34.4 Å². The van der Waals surface area contributed by atoms with Gasteiger partial charge in [0.25, 0.3) is 5.69 Å². The molecule has 1 aromatic rings. The van der Waals surface area contributed by atoms with E-state index in [0.717, 1.165) is 0 Å². The molecule has 0 fully saturated rings. The van der Waals surface area contributed by atoms with Crippen LogP contribution >= 0.6 is 0 Å². The minimum atomic E-state index is -3.73. The lowest BCUT2D eigenvalue weighted by molar-refractivity contribution is -0.384. The average Bonchev–Trinajstić information content (AvgIpc) is 2.43. The molecule has 0 aromatic heterocycles. The van der Waals surface area contributed by atoms with Crippen molar-refractivity contribution in [1.82, 2.24) is 4.72 Å². The summed E-state index contributed by atoms with van der Waals surface area (Å²) in [7, 11) is -5.70. The molecule has 0 aliphatic heterocycles. The molecule has 1 aromatic carbocycles. The highest BCUT2D eigenvalue weighted by Crippen LogP contribution is 2.37. The fraction of sp³-hybridized carbons (Fsp3) is 0.600. The molecule has 0 aliphatic rings. The first-order valence-corrected chi connectivity index (χ1v) is 12.1. The van der Waals surface area contributed by atoms with Crippen LogP contribution in [0, 0.1) is 10.1 Å². The van der Waals surface area contributed by atoms with Gasteiger partial charge in [-0.2, -0.15) is 0 Å². The first kappa shape index (κ1) is 20.8. The fourth-order valence-corrected chi connectivity index (χ4v) is 4.34. The summed E-state index contributed by atoms with van der Waals surface area (Å²) < 4.78 is 33.1. The Labute approximate surface area is 144 Å². The standard InChI is InChI=1S/C15H26N2O5SSi/c1-12(22-24(5,6)15(2,3)4)11-16-23(20,21)14-9-7-13(8-10-14)17(18)19/h7-10,12,16H,11H2,1-6H3/t12-/m0/s1. The van der Waals surface area contributed by atoms with Gasteiger partial charge < -0.3 is 4.43 Å². The number of nitrogens with one attached hydrogen (secondary N) is 1. The second-order valence-corrected chi connectivity index (χ2v) is 13.8. The van der Waals surface area contributed by atoms with Gasteiger partial charge in [0, 0.05) is 18.7 Å². The number of nitro groups is 1. The van der Waals surface area contributed by atoms with E-state index in [2.05, 4.69) is 38.6 Å². The molecule has 0 saturated heterocycles. The van der Waals surface area contributed by atoms with E-state index in [9.17, 15) is 18.5 Å². The van der Waals surface area contributed by atoms with Crippen LogP contribution in [0.1, 0.15) is 27.7 Å². The lowest BCUT2D eigenvalue weighted by Gasteiger charge is -2.38. The van der Waals surface area contributed by atoms with Crippen LogP contribution in [0.25, 0.3) is 0 Å². The number of non-ortho nitro benzene ring substituents is 1. The van der Waals surface area contributed by atoms with E-state index in [-0.39, 0.29) is 28.3 Å². The SMILES string of the molecule is C[C@@H](CNS(=O)(=O)c1ccc([N+](=O)[O-])cc1)O[Si](C)(C)C(C)(C)C. The lowest BCUT2D eigenvalue weighted by Crippen LogP contribution is -2.46. The molecule has 0 heterocycles. The molecular weight excluding hydrogens is 348 g/mol. The Balaban J connectivity index is 2.73. The highest BCUT2D eigenvalue weighted by Gasteiger charge is 2.38. The maximum Gasteiger partial charge on any atom is 0.269 e. The third-order valence-electron chi connectivity index (χ3n) is 4.22. The zero-order valence-corrected chi connectivity index (χ0v) is 16.8. The molecule has 1 N–H and O–H groups in total. The van der Waals surface area contributed by atoms with Crippen LogP contribution in [-0.4, -0.2) is 34.3 Å². The van der Waals surface area contributed by atoms with E-state index in [0.29, 0.717) is 0 Å². The number of nitrogens with zero attached hydrogens (tertiary/aromatic N) is 1. The smallest absolute Gasteiger partial charge is 0.269 e. The summed E-state index contributed by atoms with van der Waals surface area (Å²) in [4.78, 5) is 10.0. The first-order chi connectivity index (χ1) is 10.8. The van der Waals surface area contributed by atoms with Crippen molar-refractivity contribution < 1.29 is 17.8 Å². The summed E-state index contributed by atoms with van der Waals surface area (Å²) in [6.45, 7) is 12.5. The van der Waals surface area contributed by atoms with Crippen LogP contribution in [0.5, 0.6) is 0 Å². The van der Waals surface area contributed by atoms with Gasteiger partial charge in [0.1, 0.15) is 0 Å². The summed E-state index contributed by atoms with van der Waals surface area (Å²) in [5.41, 5.74) is -0.149. The second kappa shape index (κ2) is 7.30. The molecule has 7 nitrogen and oxygen atoms in total. The third kappa shape index (κ3) is 5.37. The summed E-state index contributed by atoms with van der Waals surface area (Å²) in [6, 6.07) is 4.79. The fourth-order valence-electron chi connectivity index (χ4n) is 1.78. The molecular formula is C15H26N2O5SSi. The predicted molar refractivity (Wildman–Crippen MR) is 96.0 cm³/mol. The Kier molecular flexibility index (Phi) is 6.31. The van der Waals surface area contributed by atoms with Gasteiger partial charge >= 0.3 is 0 Å². The summed E-state index contributed by atoms with van der Waals surface area (Å²) in [5.74, 6) is 0. The van der Waals surface area contributed by atoms with Crippen LogP contribution in [-0.2, 0) is 14.4 Å². The van der Waals surface area contributed by atoms with Crippen molar-refractivity contribution in [2.45, 2.75) is 56.8 Å². The molecule has 0 radical (unpaired) electrons. The van der Waals surface area contributed by atoms with Gasteiger partial charge in [0.15, 0.2) is 8.32 Å². The number of benzene rings is 1. The molecule has 0 saturated carbocycles. The van der Waals surface area contributed by atoms with Gasteiger partial charge in [-0.15, -0.1) is 0 Å². The molecule has 9 heteroatoms. The Bertz CT molecular complexity index is 681. The quantitative estimate of drug-likeness (QED) is 0.448. The highest BCUT2D eigenvalue weighted by molar-refractivity contribution is 7.89. The van der Waals surface area contributed by atoms with Gasteiger partial charge in [-0.25, -0.2) is 13.1 Å². The lowest BCUT2D eigenvalue weighted by atomic mass is 10.2. The van der Waals surface area contributed by atoms with E-state index >= 15 is 0 Å². The number of hydrogen-bond acceptors (Lipinski definition) is 5.